The number of piperidine rings is 1. The largest absolute Gasteiger partial charge is 0.300 e. The number of Topliss-reactive ketones (excluding diaryl/α,β-unsaturated/α-hetero) is 2. The van der Waals surface area contributed by atoms with Crippen molar-refractivity contribution in [1.29, 1.82) is 0 Å². The highest BCUT2D eigenvalue weighted by Gasteiger charge is 2.20. The van der Waals surface area contributed by atoms with Gasteiger partial charge in [-0.3, -0.25) is 14.5 Å². The van der Waals surface area contributed by atoms with Gasteiger partial charge in [0.05, 0.1) is 6.54 Å². The number of likely N-dealkylation sites (tertiary alicyclic amines) is 1. The molecule has 1 atom stereocenters. The number of carbonyl (C=O) groups is 2. The molecule has 0 spiro atoms. The van der Waals surface area contributed by atoms with E-state index in [2.05, 4.69) is 4.90 Å². The number of hydrogen-bond donors (Lipinski definition) is 0. The molecule has 1 rings (SSSR count). The SMILES string of the molecule is CCC(C)C(=O)CN1CCC(=O)CC1. The van der Waals surface area contributed by atoms with Gasteiger partial charge < -0.3 is 0 Å². The molecule has 1 aliphatic heterocycles. The molecule has 0 N–H and O–H groups in total. The Morgan fingerprint density at radius 3 is 2.50 bits per heavy atom. The van der Waals surface area contributed by atoms with Gasteiger partial charge in [-0.25, -0.2) is 0 Å². The van der Waals surface area contributed by atoms with E-state index in [1.54, 1.807) is 0 Å². The van der Waals surface area contributed by atoms with Crippen LogP contribution in [0.2, 0.25) is 0 Å². The molecular formula is C11H19NO2. The van der Waals surface area contributed by atoms with Gasteiger partial charge >= 0.3 is 0 Å². The third kappa shape index (κ3) is 3.22. The molecule has 0 aliphatic carbocycles. The van der Waals surface area contributed by atoms with E-state index in [-0.39, 0.29) is 5.92 Å². The van der Waals surface area contributed by atoms with Gasteiger partial charge in [-0.2, -0.15) is 0 Å². The lowest BCUT2D eigenvalue weighted by Gasteiger charge is -2.25. The number of hydrogen-bond acceptors (Lipinski definition) is 3. The van der Waals surface area contributed by atoms with Crippen LogP contribution in [0, 0.1) is 5.92 Å². The lowest BCUT2D eigenvalue weighted by atomic mass is 10.0. The zero-order chi connectivity index (χ0) is 10.6. The summed E-state index contributed by atoms with van der Waals surface area (Å²) >= 11 is 0. The van der Waals surface area contributed by atoms with E-state index in [1.807, 2.05) is 13.8 Å². The van der Waals surface area contributed by atoms with Crippen molar-refractivity contribution < 1.29 is 9.59 Å². The summed E-state index contributed by atoms with van der Waals surface area (Å²) in [5.41, 5.74) is 0. The Bertz CT molecular complexity index is 215. The molecule has 0 saturated carbocycles. The molecule has 3 nitrogen and oxygen atoms in total. The summed E-state index contributed by atoms with van der Waals surface area (Å²) in [4.78, 5) is 24.7. The Morgan fingerprint density at radius 1 is 1.43 bits per heavy atom. The molecule has 3 heteroatoms. The average Bonchev–Trinajstić information content (AvgIpc) is 2.20. The molecule has 1 unspecified atom stereocenters. The van der Waals surface area contributed by atoms with E-state index in [1.165, 1.54) is 0 Å². The summed E-state index contributed by atoms with van der Waals surface area (Å²) in [6, 6.07) is 0. The molecule has 0 aromatic heterocycles. The fourth-order valence-electron chi connectivity index (χ4n) is 1.56. The Morgan fingerprint density at radius 2 is 2.00 bits per heavy atom. The smallest absolute Gasteiger partial charge is 0.149 e. The first-order valence-electron chi connectivity index (χ1n) is 5.40. The topological polar surface area (TPSA) is 37.4 Å². The predicted molar refractivity (Wildman–Crippen MR) is 55.1 cm³/mol. The number of nitrogens with zero attached hydrogens (tertiary/aromatic N) is 1. The molecule has 80 valence electrons. The lowest BCUT2D eigenvalue weighted by molar-refractivity contribution is -0.127. The van der Waals surface area contributed by atoms with Crippen molar-refractivity contribution in [2.45, 2.75) is 33.1 Å². The molecule has 1 aliphatic rings. The minimum Gasteiger partial charge on any atom is -0.300 e. The van der Waals surface area contributed by atoms with Crippen LogP contribution in [0.3, 0.4) is 0 Å². The molecule has 0 aromatic rings. The molecule has 0 amide bonds. The maximum Gasteiger partial charge on any atom is 0.149 e. The fourth-order valence-corrected chi connectivity index (χ4v) is 1.56. The van der Waals surface area contributed by atoms with Gasteiger partial charge in [-0.1, -0.05) is 13.8 Å². The van der Waals surface area contributed by atoms with E-state index in [4.69, 9.17) is 0 Å². The first kappa shape index (κ1) is 11.4. The maximum absolute atomic E-state index is 11.6. The Kier molecular flexibility index (Phi) is 4.26. The second-order valence-corrected chi connectivity index (χ2v) is 4.09. The minimum atomic E-state index is 0.160. The zero-order valence-corrected chi connectivity index (χ0v) is 9.08. The van der Waals surface area contributed by atoms with Crippen LogP contribution < -0.4 is 0 Å². The molecular weight excluding hydrogens is 178 g/mol. The summed E-state index contributed by atoms with van der Waals surface area (Å²) in [5, 5.41) is 0. The van der Waals surface area contributed by atoms with Crippen LogP contribution in [-0.2, 0) is 9.59 Å². The fraction of sp³-hybridized carbons (Fsp3) is 0.818. The second-order valence-electron chi connectivity index (χ2n) is 4.09. The molecule has 1 saturated heterocycles. The molecule has 0 radical (unpaired) electrons. The van der Waals surface area contributed by atoms with Gasteiger partial charge in [0.1, 0.15) is 11.6 Å². The average molecular weight is 197 g/mol. The summed E-state index contributed by atoms with van der Waals surface area (Å²) in [6.45, 7) is 6.06. The highest BCUT2D eigenvalue weighted by atomic mass is 16.1. The van der Waals surface area contributed by atoms with E-state index < -0.39 is 0 Å². The van der Waals surface area contributed by atoms with Crippen molar-refractivity contribution in [3.8, 4) is 0 Å². The van der Waals surface area contributed by atoms with Crippen molar-refractivity contribution >= 4 is 11.6 Å². The van der Waals surface area contributed by atoms with Crippen molar-refractivity contribution in [3.63, 3.8) is 0 Å². The van der Waals surface area contributed by atoms with Gasteiger partial charge in [0, 0.05) is 31.8 Å². The summed E-state index contributed by atoms with van der Waals surface area (Å²) in [6.07, 6.45) is 2.15. The highest BCUT2D eigenvalue weighted by molar-refractivity contribution is 5.83. The van der Waals surface area contributed by atoms with Gasteiger partial charge in [-0.05, 0) is 6.42 Å². The Balaban J connectivity index is 2.30. The van der Waals surface area contributed by atoms with E-state index >= 15 is 0 Å². The summed E-state index contributed by atoms with van der Waals surface area (Å²) in [7, 11) is 0. The van der Waals surface area contributed by atoms with Crippen LogP contribution in [0.5, 0.6) is 0 Å². The molecule has 0 aromatic carbocycles. The van der Waals surface area contributed by atoms with Crippen LogP contribution in [-0.4, -0.2) is 36.1 Å². The van der Waals surface area contributed by atoms with Crippen LogP contribution in [0.4, 0.5) is 0 Å². The van der Waals surface area contributed by atoms with E-state index in [9.17, 15) is 9.59 Å². The van der Waals surface area contributed by atoms with Crippen LogP contribution in [0.25, 0.3) is 0 Å². The van der Waals surface area contributed by atoms with E-state index in [0.29, 0.717) is 31.0 Å². The third-order valence-corrected chi connectivity index (χ3v) is 2.96. The minimum absolute atomic E-state index is 0.160. The van der Waals surface area contributed by atoms with Crippen molar-refractivity contribution in [2.24, 2.45) is 5.92 Å². The zero-order valence-electron chi connectivity index (χ0n) is 9.08. The first-order chi connectivity index (χ1) is 6.63. The number of carbonyl (C=O) groups excluding carboxylic acids is 2. The van der Waals surface area contributed by atoms with E-state index in [0.717, 1.165) is 19.5 Å². The van der Waals surface area contributed by atoms with Gasteiger partial charge in [0.2, 0.25) is 0 Å². The Hall–Kier alpha value is -0.700. The van der Waals surface area contributed by atoms with Crippen LogP contribution in [0.15, 0.2) is 0 Å². The molecule has 1 heterocycles. The summed E-state index contributed by atoms with van der Waals surface area (Å²) in [5.74, 6) is 0.798. The van der Waals surface area contributed by atoms with Crippen molar-refractivity contribution in [2.75, 3.05) is 19.6 Å². The highest BCUT2D eigenvalue weighted by Crippen LogP contribution is 2.08. The second kappa shape index (κ2) is 5.25. The van der Waals surface area contributed by atoms with Crippen LogP contribution >= 0.6 is 0 Å². The third-order valence-electron chi connectivity index (χ3n) is 2.96. The van der Waals surface area contributed by atoms with Crippen molar-refractivity contribution in [1.82, 2.24) is 4.90 Å². The normalized spacial score (nSPS) is 20.9. The number of rotatable bonds is 4. The van der Waals surface area contributed by atoms with Gasteiger partial charge in [0.15, 0.2) is 0 Å². The van der Waals surface area contributed by atoms with Gasteiger partial charge in [0.25, 0.3) is 0 Å². The monoisotopic (exact) mass is 197 g/mol. The van der Waals surface area contributed by atoms with Crippen molar-refractivity contribution in [3.05, 3.63) is 0 Å². The quantitative estimate of drug-likeness (QED) is 0.681. The number of ketones is 2. The Labute approximate surface area is 85.5 Å². The van der Waals surface area contributed by atoms with Crippen LogP contribution in [0.1, 0.15) is 33.1 Å². The standard InChI is InChI=1S/C11H19NO2/c1-3-9(2)11(14)8-12-6-4-10(13)5-7-12/h9H,3-8H2,1-2H3. The molecule has 14 heavy (non-hydrogen) atoms. The van der Waals surface area contributed by atoms with Gasteiger partial charge in [-0.15, -0.1) is 0 Å². The first-order valence-corrected chi connectivity index (χ1v) is 5.40. The maximum atomic E-state index is 11.6. The summed E-state index contributed by atoms with van der Waals surface area (Å²) < 4.78 is 0. The molecule has 1 fully saturated rings. The predicted octanol–water partition coefficient (Wildman–Crippen LogP) is 1.27. The molecule has 0 bridgehead atoms. The lowest BCUT2D eigenvalue weighted by Crippen LogP contribution is -2.38.